The summed E-state index contributed by atoms with van der Waals surface area (Å²) in [5.74, 6) is -0.959. The highest BCUT2D eigenvalue weighted by molar-refractivity contribution is 5.92. The van der Waals surface area contributed by atoms with Gasteiger partial charge in [-0.05, 0) is 65.1 Å². The molecule has 1 heterocycles. The van der Waals surface area contributed by atoms with Gasteiger partial charge in [-0.1, -0.05) is 39.0 Å². The van der Waals surface area contributed by atoms with Crippen LogP contribution in [0.25, 0.3) is 16.7 Å². The van der Waals surface area contributed by atoms with Crippen molar-refractivity contribution >= 4 is 17.0 Å². The fourth-order valence-electron chi connectivity index (χ4n) is 3.96. The second kappa shape index (κ2) is 5.40. The van der Waals surface area contributed by atoms with Crippen molar-refractivity contribution in [1.29, 1.82) is 0 Å². The van der Waals surface area contributed by atoms with Crippen LogP contribution >= 0.6 is 0 Å². The molecule has 4 rings (SSSR count). The summed E-state index contributed by atoms with van der Waals surface area (Å²) >= 11 is 0. The molecule has 26 heavy (non-hydrogen) atoms. The Labute approximate surface area is 152 Å². The van der Waals surface area contributed by atoms with Crippen LogP contribution in [0.4, 0.5) is 0 Å². The summed E-state index contributed by atoms with van der Waals surface area (Å²) in [4.78, 5) is 11.2. The zero-order valence-corrected chi connectivity index (χ0v) is 15.6. The van der Waals surface area contributed by atoms with E-state index in [9.17, 15) is 4.79 Å². The van der Waals surface area contributed by atoms with Crippen molar-refractivity contribution in [1.82, 2.24) is 15.0 Å². The quantitative estimate of drug-likeness (QED) is 0.741. The Morgan fingerprint density at radius 2 is 1.69 bits per heavy atom. The van der Waals surface area contributed by atoms with Gasteiger partial charge in [0, 0.05) is 0 Å². The van der Waals surface area contributed by atoms with Gasteiger partial charge >= 0.3 is 5.97 Å². The first-order valence-electron chi connectivity index (χ1n) is 8.93. The third kappa shape index (κ3) is 2.50. The molecule has 5 nitrogen and oxygen atoms in total. The number of aromatic nitrogens is 3. The highest BCUT2D eigenvalue weighted by Crippen LogP contribution is 2.46. The molecule has 1 aliphatic carbocycles. The van der Waals surface area contributed by atoms with E-state index >= 15 is 0 Å². The summed E-state index contributed by atoms with van der Waals surface area (Å²) in [6.45, 7) is 9.20. The van der Waals surface area contributed by atoms with Gasteiger partial charge in [0.15, 0.2) is 0 Å². The SMILES string of the molecule is CC1(C)CCC(C)(C)c2cc(-n3nnc4cc(C(=O)O)ccc43)ccc21. The third-order valence-corrected chi connectivity index (χ3v) is 5.77. The minimum atomic E-state index is -0.959. The number of aromatic carboxylic acids is 1. The number of hydrogen-bond donors (Lipinski definition) is 1. The van der Waals surface area contributed by atoms with E-state index in [0.717, 1.165) is 17.6 Å². The molecule has 0 atom stereocenters. The highest BCUT2D eigenvalue weighted by atomic mass is 16.4. The molecule has 3 aromatic rings. The molecule has 0 aliphatic heterocycles. The van der Waals surface area contributed by atoms with E-state index in [-0.39, 0.29) is 16.4 Å². The fourth-order valence-corrected chi connectivity index (χ4v) is 3.96. The van der Waals surface area contributed by atoms with Crippen molar-refractivity contribution in [3.63, 3.8) is 0 Å². The minimum absolute atomic E-state index is 0.119. The van der Waals surface area contributed by atoms with Crippen molar-refractivity contribution in [3.8, 4) is 5.69 Å². The topological polar surface area (TPSA) is 68.0 Å². The van der Waals surface area contributed by atoms with E-state index in [2.05, 4.69) is 56.2 Å². The van der Waals surface area contributed by atoms with Crippen LogP contribution in [0.2, 0.25) is 0 Å². The van der Waals surface area contributed by atoms with Crippen LogP contribution in [0.1, 0.15) is 62.0 Å². The number of benzene rings is 2. The summed E-state index contributed by atoms with van der Waals surface area (Å²) in [5.41, 5.74) is 5.62. The lowest BCUT2D eigenvalue weighted by Crippen LogP contribution is -2.33. The maximum absolute atomic E-state index is 11.2. The van der Waals surface area contributed by atoms with Crippen LogP contribution in [0.3, 0.4) is 0 Å². The first-order valence-corrected chi connectivity index (χ1v) is 8.93. The van der Waals surface area contributed by atoms with Crippen LogP contribution in [0.5, 0.6) is 0 Å². The lowest BCUT2D eigenvalue weighted by atomic mass is 9.63. The first-order chi connectivity index (χ1) is 12.2. The molecule has 0 saturated carbocycles. The van der Waals surface area contributed by atoms with Gasteiger partial charge in [0.05, 0.1) is 16.8 Å². The average molecular weight is 349 g/mol. The number of rotatable bonds is 2. The molecule has 2 aromatic carbocycles. The van der Waals surface area contributed by atoms with Crippen molar-refractivity contribution < 1.29 is 9.90 Å². The number of nitrogens with zero attached hydrogens (tertiary/aromatic N) is 3. The van der Waals surface area contributed by atoms with E-state index in [1.54, 1.807) is 22.9 Å². The van der Waals surface area contributed by atoms with Gasteiger partial charge in [-0.3, -0.25) is 0 Å². The largest absolute Gasteiger partial charge is 0.478 e. The maximum Gasteiger partial charge on any atom is 0.335 e. The molecule has 134 valence electrons. The van der Waals surface area contributed by atoms with Gasteiger partial charge < -0.3 is 5.11 Å². The van der Waals surface area contributed by atoms with Gasteiger partial charge in [-0.2, -0.15) is 0 Å². The van der Waals surface area contributed by atoms with Gasteiger partial charge in [0.2, 0.25) is 0 Å². The molecule has 0 unspecified atom stereocenters. The molecule has 0 spiro atoms. The Bertz CT molecular complexity index is 1030. The van der Waals surface area contributed by atoms with Crippen molar-refractivity contribution in [2.24, 2.45) is 0 Å². The molecule has 0 bridgehead atoms. The predicted octanol–water partition coefficient (Wildman–Crippen LogP) is 4.47. The van der Waals surface area contributed by atoms with E-state index < -0.39 is 5.97 Å². The Morgan fingerprint density at radius 1 is 1.00 bits per heavy atom. The molecule has 1 aliphatic rings. The molecule has 0 amide bonds. The van der Waals surface area contributed by atoms with Crippen LogP contribution in [-0.4, -0.2) is 26.1 Å². The number of carboxylic acid groups (broad SMARTS) is 1. The van der Waals surface area contributed by atoms with Crippen LogP contribution in [0, 0.1) is 0 Å². The van der Waals surface area contributed by atoms with Gasteiger partial charge in [0.1, 0.15) is 5.52 Å². The zero-order chi connectivity index (χ0) is 18.7. The Hall–Kier alpha value is -2.69. The molecule has 0 radical (unpaired) electrons. The summed E-state index contributed by atoms with van der Waals surface area (Å²) in [6, 6.07) is 11.4. The van der Waals surface area contributed by atoms with Crippen molar-refractivity contribution in [3.05, 3.63) is 53.1 Å². The first kappa shape index (κ1) is 16.8. The van der Waals surface area contributed by atoms with E-state index in [4.69, 9.17) is 5.11 Å². The molecule has 1 N–H and O–H groups in total. The lowest BCUT2D eigenvalue weighted by Gasteiger charge is -2.42. The summed E-state index contributed by atoms with van der Waals surface area (Å²) in [6.07, 6.45) is 2.33. The van der Waals surface area contributed by atoms with Gasteiger partial charge in [0.25, 0.3) is 0 Å². The van der Waals surface area contributed by atoms with Gasteiger partial charge in [-0.15, -0.1) is 5.10 Å². The number of hydrogen-bond acceptors (Lipinski definition) is 3. The second-order valence-electron chi connectivity index (χ2n) is 8.51. The van der Waals surface area contributed by atoms with Crippen LogP contribution < -0.4 is 0 Å². The number of carbonyl (C=O) groups is 1. The molecule has 1 aromatic heterocycles. The van der Waals surface area contributed by atoms with Crippen molar-refractivity contribution in [2.75, 3.05) is 0 Å². The predicted molar refractivity (Wildman–Crippen MR) is 101 cm³/mol. The maximum atomic E-state index is 11.2. The van der Waals surface area contributed by atoms with E-state index in [0.29, 0.717) is 5.52 Å². The molecule has 0 saturated heterocycles. The monoisotopic (exact) mass is 349 g/mol. The smallest absolute Gasteiger partial charge is 0.335 e. The normalized spacial score (nSPS) is 17.8. The minimum Gasteiger partial charge on any atom is -0.478 e. The zero-order valence-electron chi connectivity index (χ0n) is 15.6. The van der Waals surface area contributed by atoms with Crippen LogP contribution in [-0.2, 0) is 10.8 Å². The fraction of sp³-hybridized carbons (Fsp3) is 0.381. The summed E-state index contributed by atoms with van der Waals surface area (Å²) in [7, 11) is 0. The Balaban J connectivity index is 1.87. The number of fused-ring (bicyclic) bond motifs is 2. The average Bonchev–Trinajstić information content (AvgIpc) is 3.02. The van der Waals surface area contributed by atoms with E-state index in [1.807, 2.05) is 0 Å². The molecular weight excluding hydrogens is 326 g/mol. The Morgan fingerprint density at radius 3 is 2.38 bits per heavy atom. The molecule has 5 heteroatoms. The van der Waals surface area contributed by atoms with Crippen LogP contribution in [0.15, 0.2) is 36.4 Å². The molecule has 0 fully saturated rings. The lowest BCUT2D eigenvalue weighted by molar-refractivity contribution is 0.0697. The third-order valence-electron chi connectivity index (χ3n) is 5.77. The Kier molecular flexibility index (Phi) is 3.48. The summed E-state index contributed by atoms with van der Waals surface area (Å²) < 4.78 is 1.79. The second-order valence-corrected chi connectivity index (χ2v) is 8.51. The van der Waals surface area contributed by atoms with Gasteiger partial charge in [-0.25, -0.2) is 9.48 Å². The summed E-state index contributed by atoms with van der Waals surface area (Å²) in [5, 5.41) is 17.6. The van der Waals surface area contributed by atoms with E-state index in [1.165, 1.54) is 17.5 Å². The standard InChI is InChI=1S/C21H23N3O2/c1-20(2)9-10-21(3,4)16-12-14(6-7-15(16)20)24-18-8-5-13(19(25)26)11-17(18)22-23-24/h5-8,11-12H,9-10H2,1-4H3,(H,25,26). The number of carboxylic acids is 1. The highest BCUT2D eigenvalue weighted by Gasteiger charge is 2.37. The van der Waals surface area contributed by atoms with Crippen molar-refractivity contribution in [2.45, 2.75) is 51.4 Å². The molecular formula is C21H23N3O2.